The SMILES string of the molecule is C=CCN1/C(=C/c2cc[n+](CCC[N+](C)(C)CCC[N+](C)(C)CCC[n+]3ccc(/C=C4\Oc5ccccc5N4CC=C)c4ccccc43)c3ccccc23)Oc2ccccc21. The van der Waals surface area contributed by atoms with Gasteiger partial charge in [-0.1, -0.05) is 60.7 Å². The van der Waals surface area contributed by atoms with Gasteiger partial charge in [0.1, 0.15) is 0 Å². The van der Waals surface area contributed by atoms with Crippen LogP contribution in [0.2, 0.25) is 0 Å². The Morgan fingerprint density at radius 2 is 0.902 bits per heavy atom. The van der Waals surface area contributed by atoms with E-state index >= 15 is 0 Å². The third-order valence-electron chi connectivity index (χ3n) is 12.2. The van der Waals surface area contributed by atoms with Crippen molar-refractivity contribution in [1.82, 2.24) is 0 Å². The van der Waals surface area contributed by atoms with Gasteiger partial charge in [0, 0.05) is 55.9 Å². The molecule has 0 atom stereocenters. The van der Waals surface area contributed by atoms with Crippen LogP contribution in [0.15, 0.2) is 159 Å². The molecule has 61 heavy (non-hydrogen) atoms. The molecule has 0 bridgehead atoms. The van der Waals surface area contributed by atoms with Crippen LogP contribution in [0.1, 0.15) is 30.4 Å². The van der Waals surface area contributed by atoms with E-state index in [1.807, 2.05) is 36.4 Å². The van der Waals surface area contributed by atoms with Crippen molar-refractivity contribution in [2.75, 3.05) is 77.3 Å². The van der Waals surface area contributed by atoms with E-state index in [0.29, 0.717) is 13.1 Å². The van der Waals surface area contributed by atoms with Crippen LogP contribution in [-0.4, -0.2) is 76.4 Å². The molecular weight excluding hydrogens is 753 g/mol. The number of ether oxygens (including phenoxy) is 2. The molecule has 312 valence electrons. The molecule has 0 fully saturated rings. The van der Waals surface area contributed by atoms with Crippen molar-refractivity contribution in [3.05, 3.63) is 170 Å². The first-order chi connectivity index (χ1) is 29.6. The predicted octanol–water partition coefficient (Wildman–Crippen LogP) is 9.36. The Balaban J connectivity index is 0.835. The maximum Gasteiger partial charge on any atom is 0.213 e. The summed E-state index contributed by atoms with van der Waals surface area (Å²) in [5, 5.41) is 2.45. The Bertz CT molecular complexity index is 2430. The lowest BCUT2D eigenvalue weighted by atomic mass is 10.1. The van der Waals surface area contributed by atoms with Crippen LogP contribution in [0.3, 0.4) is 0 Å². The van der Waals surface area contributed by atoms with Crippen LogP contribution in [0.5, 0.6) is 11.5 Å². The van der Waals surface area contributed by atoms with E-state index in [1.165, 1.54) is 41.3 Å². The number of pyridine rings is 2. The monoisotopic (exact) mass is 814 g/mol. The van der Waals surface area contributed by atoms with Crippen molar-refractivity contribution in [3.8, 4) is 11.5 Å². The molecule has 4 aromatic carbocycles. The van der Waals surface area contributed by atoms with Gasteiger partial charge < -0.3 is 28.2 Å². The average Bonchev–Trinajstić information content (AvgIpc) is 3.78. The van der Waals surface area contributed by atoms with Crippen molar-refractivity contribution >= 4 is 45.3 Å². The number of fused-ring (bicyclic) bond motifs is 4. The molecule has 2 aliphatic rings. The number of anilines is 2. The maximum absolute atomic E-state index is 6.32. The van der Waals surface area contributed by atoms with E-state index in [2.05, 4.69) is 170 Å². The fraction of sp³-hybridized carbons (Fsp3) is 0.283. The highest BCUT2D eigenvalue weighted by Gasteiger charge is 2.28. The van der Waals surface area contributed by atoms with Crippen molar-refractivity contribution in [1.29, 1.82) is 0 Å². The molecule has 0 N–H and O–H groups in total. The fourth-order valence-electron chi connectivity index (χ4n) is 8.97. The van der Waals surface area contributed by atoms with Crippen molar-refractivity contribution in [2.45, 2.75) is 32.4 Å². The van der Waals surface area contributed by atoms with E-state index < -0.39 is 0 Å². The molecule has 0 saturated carbocycles. The van der Waals surface area contributed by atoms with Gasteiger partial charge in [-0.25, -0.2) is 0 Å². The molecule has 0 radical (unpaired) electrons. The molecular formula is C53H62N6O2+4. The summed E-state index contributed by atoms with van der Waals surface area (Å²) in [6, 6.07) is 38.3. The molecule has 0 spiro atoms. The second-order valence-corrected chi connectivity index (χ2v) is 17.7. The first kappa shape index (κ1) is 41.5. The average molecular weight is 815 g/mol. The Hall–Kier alpha value is -6.22. The van der Waals surface area contributed by atoms with Gasteiger partial charge in [0.25, 0.3) is 0 Å². The topological polar surface area (TPSA) is 32.7 Å². The van der Waals surface area contributed by atoms with Crippen LogP contribution in [0.25, 0.3) is 34.0 Å². The van der Waals surface area contributed by atoms with Crippen LogP contribution >= 0.6 is 0 Å². The van der Waals surface area contributed by atoms with E-state index in [1.54, 1.807) is 0 Å². The first-order valence-corrected chi connectivity index (χ1v) is 21.8. The maximum atomic E-state index is 6.32. The third kappa shape index (κ3) is 9.41. The van der Waals surface area contributed by atoms with Gasteiger partial charge in [-0.15, -0.1) is 13.2 Å². The number of para-hydroxylation sites is 6. The summed E-state index contributed by atoms with van der Waals surface area (Å²) in [6.07, 6.45) is 16.1. The number of hydrogen-bond acceptors (Lipinski definition) is 4. The fourth-order valence-corrected chi connectivity index (χ4v) is 8.97. The number of aromatic nitrogens is 2. The van der Waals surface area contributed by atoms with Crippen molar-refractivity contribution in [3.63, 3.8) is 0 Å². The van der Waals surface area contributed by atoms with Gasteiger partial charge in [-0.05, 0) is 47.5 Å². The van der Waals surface area contributed by atoms with E-state index in [4.69, 9.17) is 9.47 Å². The second kappa shape index (κ2) is 18.2. The van der Waals surface area contributed by atoms with Crippen LogP contribution in [-0.2, 0) is 13.1 Å². The lowest BCUT2D eigenvalue weighted by Crippen LogP contribution is -2.47. The normalized spacial score (nSPS) is 15.0. The van der Waals surface area contributed by atoms with E-state index in [9.17, 15) is 0 Å². The molecule has 0 amide bonds. The lowest BCUT2D eigenvalue weighted by Gasteiger charge is -2.33. The molecule has 0 saturated heterocycles. The summed E-state index contributed by atoms with van der Waals surface area (Å²) in [7, 11) is 9.57. The van der Waals surface area contributed by atoms with Gasteiger partial charge >= 0.3 is 0 Å². The van der Waals surface area contributed by atoms with Crippen molar-refractivity contribution < 1.29 is 27.6 Å². The summed E-state index contributed by atoms with van der Waals surface area (Å²) in [6.45, 7) is 15.9. The number of aryl methyl sites for hydroxylation is 2. The Morgan fingerprint density at radius 3 is 1.34 bits per heavy atom. The Labute approximate surface area is 362 Å². The molecule has 2 aliphatic heterocycles. The molecule has 4 heterocycles. The Kier molecular flexibility index (Phi) is 12.4. The third-order valence-corrected chi connectivity index (χ3v) is 12.2. The molecule has 8 nitrogen and oxygen atoms in total. The Morgan fingerprint density at radius 1 is 0.508 bits per heavy atom. The quantitative estimate of drug-likeness (QED) is 0.0492. The number of nitrogens with zero attached hydrogens (tertiary/aromatic N) is 6. The largest absolute Gasteiger partial charge is 0.439 e. The molecule has 0 unspecified atom stereocenters. The summed E-state index contributed by atoms with van der Waals surface area (Å²) in [4.78, 5) is 4.37. The highest BCUT2D eigenvalue weighted by atomic mass is 16.5. The van der Waals surface area contributed by atoms with Gasteiger partial charge in [0.2, 0.25) is 22.8 Å². The molecule has 6 aromatic rings. The zero-order valence-electron chi connectivity index (χ0n) is 36.5. The van der Waals surface area contributed by atoms with Crippen LogP contribution in [0.4, 0.5) is 11.4 Å². The van der Waals surface area contributed by atoms with Crippen LogP contribution < -0.4 is 28.4 Å². The standard InChI is InChI=1S/C53H62N6O2/c1-7-30-56-48-24-13-15-26-50(48)60-52(56)40-42-28-34-54(46-22-11-9-20-44(42)46)32-17-36-58(3,4)38-19-39-59(5,6)37-18-33-55-35-29-43(45-21-10-12-23-47(45)55)41-53-57(31-8-2)49-25-14-16-27-51(49)61-53/h7-16,20-29,34-35,40-41H,1-2,17-19,30-33,36-39H2,3-6H3/q+4. The number of rotatable bonds is 18. The zero-order chi connectivity index (χ0) is 42.4. The molecule has 0 aliphatic carbocycles. The van der Waals surface area contributed by atoms with E-state index in [-0.39, 0.29) is 0 Å². The molecule has 2 aromatic heterocycles. The van der Waals surface area contributed by atoms with Gasteiger partial charge in [0.15, 0.2) is 37.0 Å². The summed E-state index contributed by atoms with van der Waals surface area (Å²) in [5.74, 6) is 3.42. The molecule has 8 rings (SSSR count). The van der Waals surface area contributed by atoms with E-state index in [0.717, 1.165) is 93.8 Å². The summed E-state index contributed by atoms with van der Waals surface area (Å²) < 4.78 is 19.5. The first-order valence-electron chi connectivity index (χ1n) is 21.8. The van der Waals surface area contributed by atoms with Crippen molar-refractivity contribution in [2.24, 2.45) is 0 Å². The number of quaternary nitrogens is 2. The van der Waals surface area contributed by atoms with Gasteiger partial charge in [0.05, 0.1) is 89.4 Å². The predicted molar refractivity (Wildman–Crippen MR) is 251 cm³/mol. The van der Waals surface area contributed by atoms with Gasteiger partial charge in [-0.3, -0.25) is 0 Å². The molecule has 8 heteroatoms. The highest BCUT2D eigenvalue weighted by Crippen LogP contribution is 2.40. The number of benzene rings is 4. The van der Waals surface area contributed by atoms with Crippen LogP contribution in [0, 0.1) is 0 Å². The summed E-state index contributed by atoms with van der Waals surface area (Å²) in [5.41, 5.74) is 6.93. The number of hydrogen-bond donors (Lipinski definition) is 0. The smallest absolute Gasteiger partial charge is 0.213 e. The minimum atomic E-state index is 0.688. The minimum Gasteiger partial charge on any atom is -0.439 e. The minimum absolute atomic E-state index is 0.688. The van der Waals surface area contributed by atoms with Gasteiger partial charge in [-0.2, -0.15) is 9.13 Å². The lowest BCUT2D eigenvalue weighted by molar-refractivity contribution is -0.911. The zero-order valence-corrected chi connectivity index (χ0v) is 36.5. The highest BCUT2D eigenvalue weighted by molar-refractivity contribution is 5.88. The summed E-state index contributed by atoms with van der Waals surface area (Å²) >= 11 is 0. The second-order valence-electron chi connectivity index (χ2n) is 17.7.